The molecule has 52 heavy (non-hydrogen) atoms. The highest BCUT2D eigenvalue weighted by molar-refractivity contribution is 5.94. The summed E-state index contributed by atoms with van der Waals surface area (Å²) in [7, 11) is 1.43. The number of rotatable bonds is 26. The molecule has 1 heterocycles. The fourth-order valence-corrected chi connectivity index (χ4v) is 6.26. The summed E-state index contributed by atoms with van der Waals surface area (Å²) in [6.45, 7) is 8.15. The maximum Gasteiger partial charge on any atom is 0.339 e. The smallest absolute Gasteiger partial charge is 0.339 e. The van der Waals surface area contributed by atoms with Gasteiger partial charge in [-0.2, -0.15) is 0 Å². The molecular weight excluding hydrogens is 668 g/mol. The van der Waals surface area contributed by atoms with Gasteiger partial charge < -0.3 is 44.9 Å². The number of allylic oxidation sites excluding steroid dienone is 1. The lowest BCUT2D eigenvalue weighted by molar-refractivity contribution is -0.185. The molecule has 0 aliphatic carbocycles. The summed E-state index contributed by atoms with van der Waals surface area (Å²) in [6, 6.07) is 5.09. The number of methoxy groups -OCH3 is 1. The summed E-state index contributed by atoms with van der Waals surface area (Å²) in [5, 5.41) is 36.3. The second kappa shape index (κ2) is 23.6. The number of amides is 2. The van der Waals surface area contributed by atoms with Gasteiger partial charge in [0.05, 0.1) is 25.7 Å². The van der Waals surface area contributed by atoms with Gasteiger partial charge >= 0.3 is 5.97 Å². The van der Waals surface area contributed by atoms with Crippen LogP contribution in [0.3, 0.4) is 0 Å². The van der Waals surface area contributed by atoms with Crippen LogP contribution in [0.1, 0.15) is 117 Å². The Bertz CT molecular complexity index is 1210. The molecular formula is C40H66N2O10. The van der Waals surface area contributed by atoms with E-state index in [2.05, 4.69) is 17.6 Å². The number of carbonyl (C=O) groups excluding carboxylic acids is 3. The number of hydrogen-bond acceptors (Lipinski definition) is 10. The van der Waals surface area contributed by atoms with E-state index in [1.807, 2.05) is 0 Å². The first kappa shape index (κ1) is 45.1. The highest BCUT2D eigenvalue weighted by Gasteiger charge is 2.49. The van der Waals surface area contributed by atoms with E-state index in [4.69, 9.17) is 18.9 Å². The molecule has 0 unspecified atom stereocenters. The summed E-state index contributed by atoms with van der Waals surface area (Å²) in [6.07, 6.45) is 15.2. The van der Waals surface area contributed by atoms with Crippen molar-refractivity contribution in [1.29, 1.82) is 0 Å². The van der Waals surface area contributed by atoms with Crippen molar-refractivity contribution in [3.05, 3.63) is 42.0 Å². The van der Waals surface area contributed by atoms with Crippen LogP contribution in [0.4, 0.5) is 0 Å². The minimum absolute atomic E-state index is 0.0279. The van der Waals surface area contributed by atoms with Gasteiger partial charge in [0.15, 0.2) is 11.4 Å². The van der Waals surface area contributed by atoms with Gasteiger partial charge in [-0.15, -0.1) is 0 Å². The third kappa shape index (κ3) is 16.3. The molecule has 0 aromatic heterocycles. The van der Waals surface area contributed by atoms with Crippen molar-refractivity contribution in [3.8, 4) is 5.75 Å². The number of benzene rings is 1. The molecule has 1 aliphatic rings. The second-order valence-corrected chi connectivity index (χ2v) is 14.7. The first-order valence-corrected chi connectivity index (χ1v) is 19.2. The zero-order valence-corrected chi connectivity index (χ0v) is 32.3. The zero-order chi connectivity index (χ0) is 38.5. The predicted molar refractivity (Wildman–Crippen MR) is 199 cm³/mol. The molecule has 1 aromatic carbocycles. The van der Waals surface area contributed by atoms with Gasteiger partial charge in [-0.3, -0.25) is 9.59 Å². The van der Waals surface area contributed by atoms with Gasteiger partial charge in [0.1, 0.15) is 17.4 Å². The monoisotopic (exact) mass is 734 g/mol. The van der Waals surface area contributed by atoms with Gasteiger partial charge in [-0.25, -0.2) is 4.79 Å². The quantitative estimate of drug-likeness (QED) is 0.0481. The maximum absolute atomic E-state index is 14.1. The van der Waals surface area contributed by atoms with Gasteiger partial charge in [-0.05, 0) is 64.2 Å². The molecule has 0 radical (unpaired) electrons. The Balaban J connectivity index is 2.17. The third-order valence-corrected chi connectivity index (χ3v) is 9.14. The Morgan fingerprint density at radius 1 is 0.942 bits per heavy atom. The topological polar surface area (TPSA) is 173 Å². The molecule has 1 fully saturated rings. The van der Waals surface area contributed by atoms with E-state index < -0.39 is 46.7 Å². The van der Waals surface area contributed by atoms with Gasteiger partial charge in [0, 0.05) is 45.9 Å². The number of phenolic OH excluding ortho intramolecular Hbond substituents is 1. The average molecular weight is 735 g/mol. The van der Waals surface area contributed by atoms with Crippen LogP contribution in [0.2, 0.25) is 0 Å². The molecule has 2 rings (SSSR count). The highest BCUT2D eigenvalue weighted by atomic mass is 16.7. The number of unbranched alkanes of at least 4 members (excludes halogenated alkanes) is 8. The Kier molecular flexibility index (Phi) is 20.5. The molecule has 2 amide bonds. The summed E-state index contributed by atoms with van der Waals surface area (Å²) >= 11 is 0. The van der Waals surface area contributed by atoms with Crippen molar-refractivity contribution in [1.82, 2.24) is 10.6 Å². The van der Waals surface area contributed by atoms with Crippen molar-refractivity contribution in [2.45, 2.75) is 141 Å². The van der Waals surface area contributed by atoms with E-state index in [1.54, 1.807) is 39.0 Å². The first-order chi connectivity index (χ1) is 24.8. The third-order valence-electron chi connectivity index (χ3n) is 9.14. The Morgan fingerprint density at radius 3 is 2.13 bits per heavy atom. The fraction of sp³-hybridized carbons (Fsp3) is 0.725. The molecule has 12 heteroatoms. The van der Waals surface area contributed by atoms with Crippen molar-refractivity contribution < 1.29 is 48.7 Å². The number of aliphatic hydroxyl groups excluding tert-OH is 1. The van der Waals surface area contributed by atoms with Crippen LogP contribution in [-0.2, 0) is 39.8 Å². The SMILES string of the molecule is CCCCCCCC1(CCCCCC/C=C/[C@H](C(=O)N[C@@H](Cc2ccc(O)cc2)C(=O)NCCO)[C@@](O)(CCOC)C(=O)OC(C)(C)C)OCCO1. The lowest BCUT2D eigenvalue weighted by atomic mass is 9.82. The number of aromatic hydroxyl groups is 1. The molecule has 1 aliphatic heterocycles. The van der Waals surface area contributed by atoms with E-state index in [-0.39, 0.29) is 38.3 Å². The molecule has 5 N–H and O–H groups in total. The minimum Gasteiger partial charge on any atom is -0.508 e. The Labute approximate surface area is 311 Å². The van der Waals surface area contributed by atoms with Gasteiger partial charge in [0.2, 0.25) is 11.8 Å². The van der Waals surface area contributed by atoms with Gasteiger partial charge in [-0.1, -0.05) is 69.7 Å². The minimum atomic E-state index is -2.30. The van der Waals surface area contributed by atoms with E-state index in [0.717, 1.165) is 44.9 Å². The molecule has 0 spiro atoms. The molecule has 1 aromatic rings. The van der Waals surface area contributed by atoms with Crippen molar-refractivity contribution in [2.24, 2.45) is 5.92 Å². The number of nitrogens with one attached hydrogen (secondary N) is 2. The van der Waals surface area contributed by atoms with E-state index in [0.29, 0.717) is 25.2 Å². The number of ether oxygens (including phenoxy) is 4. The van der Waals surface area contributed by atoms with Crippen LogP contribution in [0.25, 0.3) is 0 Å². The molecule has 3 atom stereocenters. The fourth-order valence-electron chi connectivity index (χ4n) is 6.26. The van der Waals surface area contributed by atoms with Crippen molar-refractivity contribution in [3.63, 3.8) is 0 Å². The van der Waals surface area contributed by atoms with Crippen LogP contribution in [-0.4, -0.2) is 96.2 Å². The summed E-state index contributed by atoms with van der Waals surface area (Å²) in [5.74, 6) is -4.11. The predicted octanol–water partition coefficient (Wildman–Crippen LogP) is 5.25. The summed E-state index contributed by atoms with van der Waals surface area (Å²) < 4.78 is 22.9. The lowest BCUT2D eigenvalue weighted by Gasteiger charge is -2.35. The van der Waals surface area contributed by atoms with E-state index in [1.165, 1.54) is 51.0 Å². The molecule has 1 saturated heterocycles. The molecule has 12 nitrogen and oxygen atoms in total. The largest absolute Gasteiger partial charge is 0.508 e. The van der Waals surface area contributed by atoms with Crippen molar-refractivity contribution >= 4 is 17.8 Å². The normalized spacial score (nSPS) is 16.7. The number of hydrogen-bond donors (Lipinski definition) is 5. The number of esters is 1. The van der Waals surface area contributed by atoms with Crippen LogP contribution in [0.15, 0.2) is 36.4 Å². The number of carbonyl (C=O) groups is 3. The summed E-state index contributed by atoms with van der Waals surface area (Å²) in [4.78, 5) is 40.8. The zero-order valence-electron chi connectivity index (χ0n) is 32.3. The number of aliphatic hydroxyl groups is 2. The average Bonchev–Trinajstić information content (AvgIpc) is 3.57. The van der Waals surface area contributed by atoms with Crippen LogP contribution in [0.5, 0.6) is 5.75 Å². The Hall–Kier alpha value is -3.03. The van der Waals surface area contributed by atoms with Crippen molar-refractivity contribution in [2.75, 3.05) is 40.1 Å². The lowest BCUT2D eigenvalue weighted by Crippen LogP contribution is -2.57. The van der Waals surface area contributed by atoms with Crippen LogP contribution in [0, 0.1) is 5.92 Å². The standard InChI is InChI=1S/C40H66N2O10/c1-6-7-8-12-15-22-39(50-28-29-51-39)23-16-13-10-9-11-14-17-33(40(48,24-27-49-5)37(47)52-38(2,3)4)35(45)42-34(36(46)41-25-26-43)30-31-18-20-32(44)21-19-31/h14,17-21,33-34,43-44,48H,6-13,15-16,22-30H2,1-5H3,(H,41,46)(H,42,45)/b17-14+/t33-,34+,40+/m1/s1. The Morgan fingerprint density at radius 2 is 1.56 bits per heavy atom. The second-order valence-electron chi connectivity index (χ2n) is 14.7. The highest BCUT2D eigenvalue weighted by Crippen LogP contribution is 2.32. The van der Waals surface area contributed by atoms with E-state index >= 15 is 0 Å². The molecule has 0 saturated carbocycles. The van der Waals surface area contributed by atoms with Crippen LogP contribution < -0.4 is 10.6 Å². The van der Waals surface area contributed by atoms with Crippen LogP contribution >= 0.6 is 0 Å². The molecule has 296 valence electrons. The first-order valence-electron chi connectivity index (χ1n) is 19.2. The number of phenols is 1. The van der Waals surface area contributed by atoms with E-state index in [9.17, 15) is 29.7 Å². The maximum atomic E-state index is 14.1. The van der Waals surface area contributed by atoms with Gasteiger partial charge in [0.25, 0.3) is 0 Å². The molecule has 0 bridgehead atoms. The summed E-state index contributed by atoms with van der Waals surface area (Å²) in [5.41, 5.74) is -2.60.